The molecule has 1 aliphatic heterocycles. The standard InChI is InChI=1S/C23H40N4O2/c1-3-24-22(26-19-15-20(29-4-2)23(19)12-8-13-23)25-18-11-14-27(16-18)21(28)17-9-6-5-7-10-17/h17-20H,3-16H2,1-2H3,(H2,24,25,26). The lowest BCUT2D eigenvalue weighted by molar-refractivity contribution is -0.168. The molecule has 0 aromatic carbocycles. The Balaban J connectivity index is 1.29. The molecule has 6 heteroatoms. The highest BCUT2D eigenvalue weighted by atomic mass is 16.5. The highest BCUT2D eigenvalue weighted by molar-refractivity contribution is 5.82. The third-order valence-electron chi connectivity index (χ3n) is 7.86. The van der Waals surface area contributed by atoms with E-state index in [0.29, 0.717) is 29.5 Å². The molecule has 4 fully saturated rings. The van der Waals surface area contributed by atoms with Gasteiger partial charge in [-0.3, -0.25) is 9.79 Å². The average molecular weight is 405 g/mol. The molecule has 0 radical (unpaired) electrons. The second-order valence-corrected chi connectivity index (χ2v) is 9.54. The number of carbonyl (C=O) groups excluding carboxylic acids is 1. The summed E-state index contributed by atoms with van der Waals surface area (Å²) < 4.78 is 5.99. The van der Waals surface area contributed by atoms with Crippen LogP contribution in [0.1, 0.15) is 78.1 Å². The Kier molecular flexibility index (Phi) is 6.67. The molecule has 6 nitrogen and oxygen atoms in total. The molecule has 3 atom stereocenters. The van der Waals surface area contributed by atoms with E-state index >= 15 is 0 Å². The van der Waals surface area contributed by atoms with Crippen molar-refractivity contribution in [2.45, 2.75) is 96.2 Å². The van der Waals surface area contributed by atoms with E-state index in [2.05, 4.69) is 29.4 Å². The third kappa shape index (κ3) is 4.28. The number of hydrogen-bond acceptors (Lipinski definition) is 3. The molecule has 1 heterocycles. The number of likely N-dealkylation sites (tertiary alicyclic amines) is 1. The zero-order valence-electron chi connectivity index (χ0n) is 18.4. The molecular formula is C23H40N4O2. The van der Waals surface area contributed by atoms with E-state index < -0.39 is 0 Å². The monoisotopic (exact) mass is 404 g/mol. The number of ether oxygens (including phenoxy) is 1. The van der Waals surface area contributed by atoms with Gasteiger partial charge in [0, 0.05) is 49.7 Å². The van der Waals surface area contributed by atoms with Crippen LogP contribution in [0, 0.1) is 11.3 Å². The van der Waals surface area contributed by atoms with E-state index in [-0.39, 0.29) is 5.92 Å². The van der Waals surface area contributed by atoms with Crippen LogP contribution in [0.3, 0.4) is 0 Å². The van der Waals surface area contributed by atoms with E-state index in [1.54, 1.807) is 0 Å². The lowest BCUT2D eigenvalue weighted by atomic mass is 9.51. The van der Waals surface area contributed by atoms with Crippen molar-refractivity contribution in [2.24, 2.45) is 16.3 Å². The van der Waals surface area contributed by atoms with Crippen molar-refractivity contribution >= 4 is 11.9 Å². The quantitative estimate of drug-likeness (QED) is 0.527. The smallest absolute Gasteiger partial charge is 0.225 e. The number of amides is 1. The number of aliphatic imine (C=N–C) groups is 1. The van der Waals surface area contributed by atoms with Crippen LogP contribution in [0.4, 0.5) is 0 Å². The van der Waals surface area contributed by atoms with E-state index in [0.717, 1.165) is 57.9 Å². The van der Waals surface area contributed by atoms with Crippen molar-refractivity contribution in [2.75, 3.05) is 26.2 Å². The van der Waals surface area contributed by atoms with Gasteiger partial charge in [-0.15, -0.1) is 0 Å². The molecule has 1 amide bonds. The first kappa shape index (κ1) is 21.0. The highest BCUT2D eigenvalue weighted by Gasteiger charge is 2.59. The summed E-state index contributed by atoms with van der Waals surface area (Å²) in [5, 5.41) is 7.37. The molecule has 3 saturated carbocycles. The lowest BCUT2D eigenvalue weighted by Crippen LogP contribution is -2.69. The predicted molar refractivity (Wildman–Crippen MR) is 116 cm³/mol. The van der Waals surface area contributed by atoms with E-state index in [4.69, 9.17) is 9.73 Å². The number of nitrogens with one attached hydrogen (secondary N) is 2. The molecule has 0 aromatic heterocycles. The van der Waals surface area contributed by atoms with Crippen LogP contribution >= 0.6 is 0 Å². The van der Waals surface area contributed by atoms with Crippen molar-refractivity contribution < 1.29 is 9.53 Å². The summed E-state index contributed by atoms with van der Waals surface area (Å²) in [7, 11) is 0. The van der Waals surface area contributed by atoms with Crippen LogP contribution in [0.25, 0.3) is 0 Å². The first-order valence-corrected chi connectivity index (χ1v) is 12.1. The topological polar surface area (TPSA) is 66.0 Å². The maximum Gasteiger partial charge on any atom is 0.225 e. The molecule has 1 spiro atoms. The van der Waals surface area contributed by atoms with Gasteiger partial charge in [0.05, 0.1) is 6.10 Å². The highest BCUT2D eigenvalue weighted by Crippen LogP contribution is 2.57. The van der Waals surface area contributed by atoms with Gasteiger partial charge >= 0.3 is 0 Å². The minimum absolute atomic E-state index is 0.272. The van der Waals surface area contributed by atoms with Gasteiger partial charge in [-0.2, -0.15) is 0 Å². The van der Waals surface area contributed by atoms with Gasteiger partial charge in [0.15, 0.2) is 5.96 Å². The van der Waals surface area contributed by atoms with Gasteiger partial charge in [-0.05, 0) is 52.4 Å². The Morgan fingerprint density at radius 1 is 1.10 bits per heavy atom. The minimum atomic E-state index is 0.272. The molecule has 164 valence electrons. The number of rotatable bonds is 6. The van der Waals surface area contributed by atoms with Gasteiger partial charge in [-0.1, -0.05) is 25.7 Å². The molecule has 29 heavy (non-hydrogen) atoms. The molecule has 1 saturated heterocycles. The Morgan fingerprint density at radius 2 is 1.90 bits per heavy atom. The Morgan fingerprint density at radius 3 is 2.55 bits per heavy atom. The van der Waals surface area contributed by atoms with Gasteiger partial charge < -0.3 is 20.3 Å². The van der Waals surface area contributed by atoms with E-state index in [9.17, 15) is 4.79 Å². The van der Waals surface area contributed by atoms with Crippen LogP contribution < -0.4 is 10.6 Å². The van der Waals surface area contributed by atoms with Crippen molar-refractivity contribution in [1.82, 2.24) is 15.5 Å². The van der Waals surface area contributed by atoms with Crippen LogP contribution in [0.2, 0.25) is 0 Å². The molecule has 4 aliphatic rings. The predicted octanol–water partition coefficient (Wildman–Crippen LogP) is 3.07. The van der Waals surface area contributed by atoms with Crippen molar-refractivity contribution in [3.8, 4) is 0 Å². The van der Waals surface area contributed by atoms with Gasteiger partial charge in [0.25, 0.3) is 0 Å². The summed E-state index contributed by atoms with van der Waals surface area (Å²) in [6.07, 6.45) is 12.3. The molecule has 3 aliphatic carbocycles. The number of nitrogens with zero attached hydrogens (tertiary/aromatic N) is 2. The molecule has 0 bridgehead atoms. The van der Waals surface area contributed by atoms with Crippen molar-refractivity contribution in [1.29, 1.82) is 0 Å². The average Bonchev–Trinajstić information content (AvgIpc) is 3.14. The van der Waals surface area contributed by atoms with E-state index in [1.165, 1.54) is 38.5 Å². The maximum atomic E-state index is 12.9. The largest absolute Gasteiger partial charge is 0.378 e. The molecule has 0 aromatic rings. The van der Waals surface area contributed by atoms with Gasteiger partial charge in [0.2, 0.25) is 5.91 Å². The van der Waals surface area contributed by atoms with Crippen molar-refractivity contribution in [3.05, 3.63) is 0 Å². The second-order valence-electron chi connectivity index (χ2n) is 9.54. The second kappa shape index (κ2) is 9.23. The maximum absolute atomic E-state index is 12.9. The summed E-state index contributed by atoms with van der Waals surface area (Å²) in [5.74, 6) is 1.59. The van der Waals surface area contributed by atoms with Crippen LogP contribution in [-0.2, 0) is 9.53 Å². The molecular weight excluding hydrogens is 364 g/mol. The first-order valence-electron chi connectivity index (χ1n) is 12.1. The number of guanidine groups is 1. The van der Waals surface area contributed by atoms with Gasteiger partial charge in [-0.25, -0.2) is 0 Å². The summed E-state index contributed by atoms with van der Waals surface area (Å²) in [6, 6.07) is 0.771. The zero-order valence-corrected chi connectivity index (χ0v) is 18.4. The van der Waals surface area contributed by atoms with E-state index in [1.807, 2.05) is 0 Å². The SMILES string of the molecule is CCN=C(NC1CCN(C(=O)C2CCCCC2)C1)NC1CC(OCC)C12CCC2. The fourth-order valence-corrected chi connectivity index (χ4v) is 5.98. The van der Waals surface area contributed by atoms with Crippen LogP contribution in [0.5, 0.6) is 0 Å². The summed E-state index contributed by atoms with van der Waals surface area (Å²) in [4.78, 5) is 19.7. The zero-order chi connectivity index (χ0) is 20.3. The normalized spacial score (nSPS) is 32.0. The lowest BCUT2D eigenvalue weighted by Gasteiger charge is -2.61. The number of hydrogen-bond donors (Lipinski definition) is 2. The van der Waals surface area contributed by atoms with Gasteiger partial charge in [0.1, 0.15) is 0 Å². The Bertz CT molecular complexity index is 598. The third-order valence-corrected chi connectivity index (χ3v) is 7.86. The molecule has 2 N–H and O–H groups in total. The fourth-order valence-electron chi connectivity index (χ4n) is 5.98. The summed E-state index contributed by atoms with van der Waals surface area (Å²) >= 11 is 0. The summed E-state index contributed by atoms with van der Waals surface area (Å²) in [5.41, 5.74) is 0.324. The first-order chi connectivity index (χ1) is 14.2. The Labute approximate surface area is 176 Å². The summed E-state index contributed by atoms with van der Waals surface area (Å²) in [6.45, 7) is 7.45. The molecule has 4 rings (SSSR count). The van der Waals surface area contributed by atoms with Crippen LogP contribution in [0.15, 0.2) is 4.99 Å². The van der Waals surface area contributed by atoms with Crippen LogP contribution in [-0.4, -0.2) is 61.2 Å². The molecule has 3 unspecified atom stereocenters. The van der Waals surface area contributed by atoms with Crippen molar-refractivity contribution in [3.63, 3.8) is 0 Å². The number of carbonyl (C=O) groups is 1. The minimum Gasteiger partial charge on any atom is -0.378 e. The fraction of sp³-hybridized carbons (Fsp3) is 0.913. The Hall–Kier alpha value is -1.30.